The first kappa shape index (κ1) is 22.2. The van der Waals surface area contributed by atoms with Crippen LogP contribution in [0.15, 0.2) is 67.1 Å². The second-order valence-electron chi connectivity index (χ2n) is 7.01. The Bertz CT molecular complexity index is 1330. The van der Waals surface area contributed by atoms with Crippen LogP contribution in [0.1, 0.15) is 12.5 Å². The monoisotopic (exact) mass is 468 g/mol. The number of aromatic amines is 1. The van der Waals surface area contributed by atoms with Crippen LogP contribution >= 0.6 is 0 Å². The first-order chi connectivity index (χ1) is 15.9. The maximum Gasteiger partial charge on any atom is 0.232 e. The summed E-state index contributed by atoms with van der Waals surface area (Å²) in [5, 5.41) is 10.2. The number of nitrogens with one attached hydrogen (secondary N) is 3. The minimum atomic E-state index is -3.46. The molecule has 3 N–H and O–H groups in total. The smallest absolute Gasteiger partial charge is 0.232 e. The van der Waals surface area contributed by atoms with Gasteiger partial charge in [-0.2, -0.15) is 5.10 Å². The molecular weight excluding hydrogens is 447 g/mol. The molecule has 0 aliphatic carbocycles. The highest BCUT2D eigenvalue weighted by atomic mass is 32.2. The highest BCUT2D eigenvalue weighted by Gasteiger charge is 2.14. The molecule has 9 nitrogen and oxygen atoms in total. The Kier molecular flexibility index (Phi) is 6.50. The summed E-state index contributed by atoms with van der Waals surface area (Å²) in [6.45, 7) is 1.72. The first-order valence-corrected chi connectivity index (χ1v) is 11.7. The molecule has 0 radical (unpaired) electrons. The summed E-state index contributed by atoms with van der Waals surface area (Å²) in [7, 11) is -3.46. The number of hydrogen-bond acceptors (Lipinski definition) is 7. The van der Waals surface area contributed by atoms with Gasteiger partial charge in [0.15, 0.2) is 5.82 Å². The lowest BCUT2D eigenvalue weighted by molar-refractivity contribution is 0.307. The largest absolute Gasteiger partial charge is 0.488 e. The van der Waals surface area contributed by atoms with E-state index in [1.807, 2.05) is 0 Å². The van der Waals surface area contributed by atoms with Crippen LogP contribution in [-0.2, 0) is 16.6 Å². The van der Waals surface area contributed by atoms with Gasteiger partial charge in [-0.1, -0.05) is 12.1 Å². The molecule has 2 aromatic heterocycles. The number of sulfonamides is 1. The molecule has 2 heterocycles. The highest BCUT2D eigenvalue weighted by Crippen LogP contribution is 2.34. The molecule has 0 aliphatic heterocycles. The number of halogens is 1. The summed E-state index contributed by atoms with van der Waals surface area (Å²) in [5.41, 5.74) is 2.43. The molecule has 11 heteroatoms. The van der Waals surface area contributed by atoms with Gasteiger partial charge in [0.2, 0.25) is 10.0 Å². The van der Waals surface area contributed by atoms with Crippen molar-refractivity contribution in [1.29, 1.82) is 0 Å². The number of nitrogens with zero attached hydrogens (tertiary/aromatic N) is 3. The Labute approximate surface area is 190 Å². The van der Waals surface area contributed by atoms with E-state index in [0.717, 1.165) is 5.56 Å². The van der Waals surface area contributed by atoms with Gasteiger partial charge in [0.25, 0.3) is 0 Å². The molecule has 4 aromatic rings. The minimum absolute atomic E-state index is 0.0571. The molecule has 2 aromatic carbocycles. The Hall–Kier alpha value is -3.99. The van der Waals surface area contributed by atoms with E-state index in [9.17, 15) is 12.8 Å². The molecular formula is C22H21FN6O3S. The molecule has 0 saturated heterocycles. The fourth-order valence-electron chi connectivity index (χ4n) is 2.94. The molecule has 170 valence electrons. The van der Waals surface area contributed by atoms with E-state index in [1.54, 1.807) is 61.9 Å². The van der Waals surface area contributed by atoms with Gasteiger partial charge >= 0.3 is 0 Å². The first-order valence-electron chi connectivity index (χ1n) is 10.0. The second-order valence-corrected chi connectivity index (χ2v) is 9.03. The van der Waals surface area contributed by atoms with Crippen molar-refractivity contribution in [2.75, 3.05) is 15.8 Å². The van der Waals surface area contributed by atoms with Crippen LogP contribution in [0.25, 0.3) is 11.3 Å². The van der Waals surface area contributed by atoms with Crippen LogP contribution < -0.4 is 14.8 Å². The normalized spacial score (nSPS) is 11.2. The summed E-state index contributed by atoms with van der Waals surface area (Å²) in [6.07, 6.45) is 4.70. The third-order valence-corrected chi connectivity index (χ3v) is 5.94. The van der Waals surface area contributed by atoms with Crippen molar-refractivity contribution in [2.24, 2.45) is 0 Å². The summed E-state index contributed by atoms with van der Waals surface area (Å²) in [6, 6.07) is 12.7. The van der Waals surface area contributed by atoms with E-state index in [0.29, 0.717) is 34.3 Å². The predicted molar refractivity (Wildman–Crippen MR) is 123 cm³/mol. The Balaban J connectivity index is 1.62. The number of aromatic nitrogens is 4. The van der Waals surface area contributed by atoms with E-state index in [2.05, 4.69) is 30.2 Å². The second kappa shape index (κ2) is 9.65. The van der Waals surface area contributed by atoms with Gasteiger partial charge in [0.05, 0.1) is 23.3 Å². The molecule has 0 spiro atoms. The van der Waals surface area contributed by atoms with Crippen molar-refractivity contribution in [1.82, 2.24) is 20.2 Å². The van der Waals surface area contributed by atoms with Gasteiger partial charge < -0.3 is 10.1 Å². The molecule has 0 atom stereocenters. The van der Waals surface area contributed by atoms with Gasteiger partial charge in [-0.05, 0) is 36.8 Å². The quantitative estimate of drug-likeness (QED) is 0.338. The van der Waals surface area contributed by atoms with Crippen LogP contribution in [0.3, 0.4) is 0 Å². The van der Waals surface area contributed by atoms with E-state index < -0.39 is 10.0 Å². The highest BCUT2D eigenvalue weighted by molar-refractivity contribution is 7.92. The lowest BCUT2D eigenvalue weighted by Crippen LogP contribution is -2.14. The third-order valence-electron chi connectivity index (χ3n) is 4.63. The lowest BCUT2D eigenvalue weighted by atomic mass is 10.1. The van der Waals surface area contributed by atoms with E-state index in [4.69, 9.17) is 4.74 Å². The van der Waals surface area contributed by atoms with Gasteiger partial charge in [0.1, 0.15) is 24.0 Å². The van der Waals surface area contributed by atoms with Crippen molar-refractivity contribution < 1.29 is 17.5 Å². The summed E-state index contributed by atoms with van der Waals surface area (Å²) in [4.78, 5) is 8.15. The van der Waals surface area contributed by atoms with Crippen molar-refractivity contribution in [2.45, 2.75) is 13.5 Å². The lowest BCUT2D eigenvalue weighted by Gasteiger charge is -2.14. The number of H-pyrrole nitrogens is 1. The maximum atomic E-state index is 13.2. The molecule has 0 aliphatic rings. The molecule has 0 fully saturated rings. The van der Waals surface area contributed by atoms with Crippen molar-refractivity contribution in [3.63, 3.8) is 0 Å². The number of anilines is 3. The third kappa shape index (κ3) is 5.83. The fourth-order valence-corrected chi connectivity index (χ4v) is 3.57. The standard InChI is InChI=1S/C22H21FN6O3S/c1-2-33(30,31)29-17-7-8-18(20(11-17)32-14-15-3-5-16(23)6-4-15)19-12-21(28-27-19)26-22-13-24-9-10-25-22/h3-13,29H,2,14H2,1H3,(H2,25,26,27,28). The zero-order valence-electron chi connectivity index (χ0n) is 17.6. The van der Waals surface area contributed by atoms with Crippen molar-refractivity contribution in [3.8, 4) is 17.0 Å². The molecule has 4 rings (SSSR count). The topological polar surface area (TPSA) is 122 Å². The van der Waals surface area contributed by atoms with Crippen LogP contribution in [0.2, 0.25) is 0 Å². The number of benzene rings is 2. The number of hydrogen-bond donors (Lipinski definition) is 3. The average Bonchev–Trinajstić information content (AvgIpc) is 3.27. The molecule has 0 saturated carbocycles. The molecule has 33 heavy (non-hydrogen) atoms. The molecule has 0 unspecified atom stereocenters. The molecule has 0 bridgehead atoms. The minimum Gasteiger partial charge on any atom is -0.488 e. The zero-order chi connectivity index (χ0) is 23.3. The fraction of sp³-hybridized carbons (Fsp3) is 0.136. The zero-order valence-corrected chi connectivity index (χ0v) is 18.4. The van der Waals surface area contributed by atoms with Gasteiger partial charge in [-0.15, -0.1) is 0 Å². The van der Waals surface area contributed by atoms with Crippen LogP contribution in [0.5, 0.6) is 5.75 Å². The molecule has 0 amide bonds. The average molecular weight is 469 g/mol. The van der Waals surface area contributed by atoms with Crippen LogP contribution in [-0.4, -0.2) is 34.3 Å². The Morgan fingerprint density at radius 1 is 1.06 bits per heavy atom. The predicted octanol–water partition coefficient (Wildman–Crippen LogP) is 4.09. The summed E-state index contributed by atoms with van der Waals surface area (Å²) < 4.78 is 45.7. The number of rotatable bonds is 9. The van der Waals surface area contributed by atoms with Crippen molar-refractivity contribution >= 4 is 27.3 Å². The summed E-state index contributed by atoms with van der Waals surface area (Å²) in [5.74, 6) is 1.08. The van der Waals surface area contributed by atoms with Gasteiger partial charge in [-0.25, -0.2) is 17.8 Å². The summed E-state index contributed by atoms with van der Waals surface area (Å²) >= 11 is 0. The Morgan fingerprint density at radius 3 is 2.61 bits per heavy atom. The Morgan fingerprint density at radius 2 is 1.88 bits per heavy atom. The number of ether oxygens (including phenoxy) is 1. The van der Waals surface area contributed by atoms with Crippen molar-refractivity contribution in [3.05, 3.63) is 78.5 Å². The van der Waals surface area contributed by atoms with E-state index in [-0.39, 0.29) is 18.2 Å². The van der Waals surface area contributed by atoms with Gasteiger partial charge in [0, 0.05) is 30.1 Å². The van der Waals surface area contributed by atoms with Crippen LogP contribution in [0.4, 0.5) is 21.7 Å². The van der Waals surface area contributed by atoms with E-state index >= 15 is 0 Å². The maximum absolute atomic E-state index is 13.2. The van der Waals surface area contributed by atoms with Crippen LogP contribution in [0, 0.1) is 5.82 Å². The van der Waals surface area contributed by atoms with Gasteiger partial charge in [-0.3, -0.25) is 14.8 Å². The van der Waals surface area contributed by atoms with E-state index in [1.165, 1.54) is 12.1 Å². The SMILES string of the molecule is CCS(=O)(=O)Nc1ccc(-c2cc(Nc3cnccn3)n[nH]2)c(OCc2ccc(F)cc2)c1.